The van der Waals surface area contributed by atoms with Gasteiger partial charge in [0.2, 0.25) is 5.88 Å². The molecule has 0 aliphatic heterocycles. The number of carbonyl (C=O) groups excluding carboxylic acids is 1. The van der Waals surface area contributed by atoms with Crippen molar-refractivity contribution in [2.24, 2.45) is 0 Å². The number of aromatic nitrogens is 1. The number of pyridine rings is 1. The molecule has 1 aromatic heterocycles. The Morgan fingerprint density at radius 1 is 1.19 bits per heavy atom. The number of carboxylic acids is 1. The van der Waals surface area contributed by atoms with Gasteiger partial charge in [-0.3, -0.25) is 4.79 Å². The number of rotatable bonds is 3. The predicted octanol–water partition coefficient (Wildman–Crippen LogP) is 3.09. The number of fused-ring (bicyclic) bond motifs is 1. The lowest BCUT2D eigenvalue weighted by Gasteiger charge is -2.18. The summed E-state index contributed by atoms with van der Waals surface area (Å²) < 4.78 is 5.70. The van der Waals surface area contributed by atoms with Crippen LogP contribution in [0.2, 0.25) is 0 Å². The van der Waals surface area contributed by atoms with E-state index in [1.807, 2.05) is 6.07 Å². The molecule has 0 unspecified atom stereocenters. The second kappa shape index (κ2) is 5.36. The summed E-state index contributed by atoms with van der Waals surface area (Å²) in [7, 11) is 0. The number of hydrogen-bond donors (Lipinski definition) is 1. The summed E-state index contributed by atoms with van der Waals surface area (Å²) in [5.41, 5.74) is 1.71. The van der Waals surface area contributed by atoms with E-state index in [0.717, 1.165) is 18.4 Å². The Hall–Kier alpha value is -2.69. The van der Waals surface area contributed by atoms with E-state index >= 15 is 0 Å². The molecule has 0 saturated carbocycles. The Bertz CT molecular complexity index is 707. The normalized spacial score (nSPS) is 13.6. The van der Waals surface area contributed by atoms with Crippen molar-refractivity contribution in [1.82, 2.24) is 4.98 Å². The molecule has 2 aromatic rings. The molecule has 3 rings (SSSR count). The smallest absolute Gasteiger partial charge is 0.337 e. The zero-order valence-electron chi connectivity index (χ0n) is 11.2. The van der Waals surface area contributed by atoms with Gasteiger partial charge in [0.25, 0.3) is 0 Å². The fourth-order valence-corrected chi connectivity index (χ4v) is 2.42. The van der Waals surface area contributed by atoms with E-state index in [0.29, 0.717) is 23.6 Å². The molecule has 0 bridgehead atoms. The first-order valence-corrected chi connectivity index (χ1v) is 6.67. The molecule has 0 atom stereocenters. The highest BCUT2D eigenvalue weighted by atomic mass is 16.5. The first-order valence-electron chi connectivity index (χ1n) is 6.67. The van der Waals surface area contributed by atoms with E-state index in [-0.39, 0.29) is 11.3 Å². The number of ether oxygens (including phenoxy) is 1. The highest BCUT2D eigenvalue weighted by molar-refractivity contribution is 5.99. The molecule has 0 fully saturated rings. The third kappa shape index (κ3) is 2.63. The van der Waals surface area contributed by atoms with Crippen LogP contribution < -0.4 is 4.74 Å². The lowest BCUT2D eigenvalue weighted by molar-refractivity contribution is 0.0696. The van der Waals surface area contributed by atoms with Gasteiger partial charge < -0.3 is 9.84 Å². The zero-order chi connectivity index (χ0) is 14.8. The SMILES string of the molecule is O=C(O)c1ccc(Oc2cccc3c2CCCC3=O)nc1. The van der Waals surface area contributed by atoms with Crippen LogP contribution in [-0.4, -0.2) is 21.8 Å². The minimum atomic E-state index is -1.03. The standard InChI is InChI=1S/C16H13NO4/c18-13-5-1-4-12-11(13)3-2-6-14(12)21-15-8-7-10(9-17-15)16(19)20/h2-3,6-9H,1,4-5H2,(H,19,20). The van der Waals surface area contributed by atoms with Crippen molar-refractivity contribution in [2.75, 3.05) is 0 Å². The third-order valence-electron chi connectivity index (χ3n) is 3.46. The fraction of sp³-hybridized carbons (Fsp3) is 0.188. The Balaban J connectivity index is 1.90. The van der Waals surface area contributed by atoms with E-state index in [4.69, 9.17) is 9.84 Å². The number of carbonyl (C=O) groups is 2. The van der Waals surface area contributed by atoms with Crippen molar-refractivity contribution < 1.29 is 19.4 Å². The summed E-state index contributed by atoms with van der Waals surface area (Å²) in [6, 6.07) is 8.33. The number of carboxylic acid groups (broad SMARTS) is 1. The Kier molecular flexibility index (Phi) is 3.39. The second-order valence-corrected chi connectivity index (χ2v) is 4.85. The molecular formula is C16H13NO4. The first kappa shape index (κ1) is 13.3. The number of aromatic carboxylic acids is 1. The molecule has 0 radical (unpaired) electrons. The van der Waals surface area contributed by atoms with Gasteiger partial charge >= 0.3 is 5.97 Å². The van der Waals surface area contributed by atoms with Gasteiger partial charge in [-0.15, -0.1) is 0 Å². The zero-order valence-corrected chi connectivity index (χ0v) is 11.2. The topological polar surface area (TPSA) is 76.5 Å². The molecule has 106 valence electrons. The van der Waals surface area contributed by atoms with Gasteiger partial charge in [0, 0.05) is 29.8 Å². The monoisotopic (exact) mass is 283 g/mol. The van der Waals surface area contributed by atoms with Crippen molar-refractivity contribution in [2.45, 2.75) is 19.3 Å². The van der Waals surface area contributed by atoms with Crippen LogP contribution >= 0.6 is 0 Å². The molecule has 1 heterocycles. The molecular weight excluding hydrogens is 270 g/mol. The Labute approximate surface area is 121 Å². The highest BCUT2D eigenvalue weighted by Gasteiger charge is 2.20. The summed E-state index contributed by atoms with van der Waals surface area (Å²) in [6.07, 6.45) is 3.43. The van der Waals surface area contributed by atoms with Crippen LogP contribution in [-0.2, 0) is 6.42 Å². The fourth-order valence-electron chi connectivity index (χ4n) is 2.42. The van der Waals surface area contributed by atoms with Gasteiger partial charge in [-0.25, -0.2) is 9.78 Å². The summed E-state index contributed by atoms with van der Waals surface area (Å²) in [5, 5.41) is 8.83. The molecule has 5 heteroatoms. The van der Waals surface area contributed by atoms with Crippen LogP contribution in [0.3, 0.4) is 0 Å². The maximum Gasteiger partial charge on any atom is 0.337 e. The summed E-state index contributed by atoms with van der Waals surface area (Å²) in [6.45, 7) is 0. The molecule has 1 aromatic carbocycles. The summed E-state index contributed by atoms with van der Waals surface area (Å²) in [4.78, 5) is 26.6. The number of benzene rings is 1. The minimum Gasteiger partial charge on any atom is -0.478 e. The second-order valence-electron chi connectivity index (χ2n) is 4.85. The predicted molar refractivity (Wildman–Crippen MR) is 75.0 cm³/mol. The maximum atomic E-state index is 11.9. The van der Waals surface area contributed by atoms with Crippen LogP contribution in [0.5, 0.6) is 11.6 Å². The van der Waals surface area contributed by atoms with Gasteiger partial charge in [-0.2, -0.15) is 0 Å². The van der Waals surface area contributed by atoms with Crippen LogP contribution in [0, 0.1) is 0 Å². The lowest BCUT2D eigenvalue weighted by atomic mass is 9.90. The molecule has 0 amide bonds. The molecule has 1 aliphatic rings. The van der Waals surface area contributed by atoms with Crippen LogP contribution in [0.15, 0.2) is 36.5 Å². The van der Waals surface area contributed by atoms with Crippen molar-refractivity contribution >= 4 is 11.8 Å². The number of nitrogens with zero attached hydrogens (tertiary/aromatic N) is 1. The molecule has 0 saturated heterocycles. The van der Waals surface area contributed by atoms with E-state index < -0.39 is 5.97 Å². The summed E-state index contributed by atoms with van der Waals surface area (Å²) >= 11 is 0. The van der Waals surface area contributed by atoms with E-state index in [9.17, 15) is 9.59 Å². The van der Waals surface area contributed by atoms with Crippen molar-refractivity contribution in [3.05, 3.63) is 53.2 Å². The number of Topliss-reactive ketones (excluding diaryl/α,β-unsaturated/α-hetero) is 1. The Morgan fingerprint density at radius 2 is 2.05 bits per heavy atom. The largest absolute Gasteiger partial charge is 0.478 e. The molecule has 0 spiro atoms. The quantitative estimate of drug-likeness (QED) is 0.936. The lowest BCUT2D eigenvalue weighted by Crippen LogP contribution is -2.11. The van der Waals surface area contributed by atoms with Gasteiger partial charge in [-0.1, -0.05) is 12.1 Å². The highest BCUT2D eigenvalue weighted by Crippen LogP contribution is 2.32. The van der Waals surface area contributed by atoms with Crippen LogP contribution in [0.1, 0.15) is 39.1 Å². The van der Waals surface area contributed by atoms with E-state index in [2.05, 4.69) is 4.98 Å². The maximum absolute atomic E-state index is 11.9. The van der Waals surface area contributed by atoms with Crippen molar-refractivity contribution in [3.8, 4) is 11.6 Å². The summed E-state index contributed by atoms with van der Waals surface area (Å²) in [5.74, 6) is 0.0233. The Morgan fingerprint density at radius 3 is 2.76 bits per heavy atom. The van der Waals surface area contributed by atoms with Crippen LogP contribution in [0.4, 0.5) is 0 Å². The number of ketones is 1. The van der Waals surface area contributed by atoms with Crippen LogP contribution in [0.25, 0.3) is 0 Å². The van der Waals surface area contributed by atoms with Gasteiger partial charge in [0.05, 0.1) is 5.56 Å². The molecule has 1 N–H and O–H groups in total. The molecule has 21 heavy (non-hydrogen) atoms. The third-order valence-corrected chi connectivity index (χ3v) is 3.46. The number of hydrogen-bond acceptors (Lipinski definition) is 4. The first-order chi connectivity index (χ1) is 10.1. The average molecular weight is 283 g/mol. The molecule has 1 aliphatic carbocycles. The van der Waals surface area contributed by atoms with Gasteiger partial charge in [-0.05, 0) is 25.0 Å². The minimum absolute atomic E-state index is 0.104. The van der Waals surface area contributed by atoms with E-state index in [1.165, 1.54) is 18.3 Å². The average Bonchev–Trinajstić information content (AvgIpc) is 2.49. The van der Waals surface area contributed by atoms with Gasteiger partial charge in [0.1, 0.15) is 5.75 Å². The van der Waals surface area contributed by atoms with Crippen molar-refractivity contribution in [1.29, 1.82) is 0 Å². The van der Waals surface area contributed by atoms with E-state index in [1.54, 1.807) is 12.1 Å². The van der Waals surface area contributed by atoms with Gasteiger partial charge in [0.15, 0.2) is 5.78 Å². The van der Waals surface area contributed by atoms with Crippen molar-refractivity contribution in [3.63, 3.8) is 0 Å². The molecule has 5 nitrogen and oxygen atoms in total.